The van der Waals surface area contributed by atoms with Gasteiger partial charge in [0.1, 0.15) is 5.78 Å². The quantitative estimate of drug-likeness (QED) is 0.773. The highest BCUT2D eigenvalue weighted by Crippen LogP contribution is 2.32. The van der Waals surface area contributed by atoms with Crippen LogP contribution in [0.15, 0.2) is 42.5 Å². The van der Waals surface area contributed by atoms with Gasteiger partial charge in [-0.1, -0.05) is 42.5 Å². The summed E-state index contributed by atoms with van der Waals surface area (Å²) < 4.78 is 0. The Bertz CT molecular complexity index is 552. The van der Waals surface area contributed by atoms with E-state index in [-0.39, 0.29) is 0 Å². The van der Waals surface area contributed by atoms with Gasteiger partial charge in [-0.25, -0.2) is 0 Å². The standard InChI is InChI=1S/C16H16O/c17-16(10-12-5-6-12)11-13-7-8-14-3-1-2-4-15(14)9-13/h1-4,7-9,12H,5-6,10-11H2. The van der Waals surface area contributed by atoms with E-state index in [2.05, 4.69) is 30.3 Å². The van der Waals surface area contributed by atoms with E-state index in [0.29, 0.717) is 18.1 Å². The Labute approximate surface area is 101 Å². The molecule has 0 amide bonds. The van der Waals surface area contributed by atoms with E-state index in [1.165, 1.54) is 23.6 Å². The molecule has 0 spiro atoms. The maximum atomic E-state index is 11.8. The lowest BCUT2D eigenvalue weighted by molar-refractivity contribution is -0.118. The number of hydrogen-bond acceptors (Lipinski definition) is 1. The van der Waals surface area contributed by atoms with Crippen LogP contribution in [0.25, 0.3) is 10.8 Å². The van der Waals surface area contributed by atoms with Gasteiger partial charge in [0.2, 0.25) is 0 Å². The van der Waals surface area contributed by atoms with Crippen molar-refractivity contribution in [3.8, 4) is 0 Å². The van der Waals surface area contributed by atoms with Crippen molar-refractivity contribution in [2.45, 2.75) is 25.7 Å². The smallest absolute Gasteiger partial charge is 0.137 e. The van der Waals surface area contributed by atoms with E-state index in [9.17, 15) is 4.79 Å². The summed E-state index contributed by atoms with van der Waals surface area (Å²) in [7, 11) is 0. The molecule has 1 nitrogen and oxygen atoms in total. The molecule has 0 aliphatic heterocycles. The van der Waals surface area contributed by atoms with Gasteiger partial charge >= 0.3 is 0 Å². The van der Waals surface area contributed by atoms with E-state index >= 15 is 0 Å². The van der Waals surface area contributed by atoms with Gasteiger partial charge in [0.15, 0.2) is 0 Å². The molecule has 0 N–H and O–H groups in total. The van der Waals surface area contributed by atoms with E-state index in [1.54, 1.807) is 0 Å². The van der Waals surface area contributed by atoms with Crippen LogP contribution in [0.3, 0.4) is 0 Å². The van der Waals surface area contributed by atoms with Crippen molar-refractivity contribution in [3.05, 3.63) is 48.0 Å². The number of rotatable bonds is 4. The van der Waals surface area contributed by atoms with Crippen molar-refractivity contribution in [2.75, 3.05) is 0 Å². The fraction of sp³-hybridized carbons (Fsp3) is 0.312. The van der Waals surface area contributed by atoms with Crippen molar-refractivity contribution >= 4 is 16.6 Å². The highest BCUT2D eigenvalue weighted by molar-refractivity contribution is 5.86. The molecule has 0 bridgehead atoms. The predicted molar refractivity (Wildman–Crippen MR) is 70.0 cm³/mol. The normalized spacial score (nSPS) is 15.1. The minimum atomic E-state index is 0.391. The largest absolute Gasteiger partial charge is 0.299 e. The third-order valence-electron chi connectivity index (χ3n) is 3.43. The molecule has 2 aromatic carbocycles. The fourth-order valence-corrected chi connectivity index (χ4v) is 2.29. The summed E-state index contributed by atoms with van der Waals surface area (Å²) in [6.07, 6.45) is 3.89. The Kier molecular flexibility index (Phi) is 2.68. The molecular formula is C16H16O. The summed E-state index contributed by atoms with van der Waals surface area (Å²) in [4.78, 5) is 11.8. The molecular weight excluding hydrogens is 208 g/mol. The maximum Gasteiger partial charge on any atom is 0.137 e. The molecule has 0 radical (unpaired) electrons. The zero-order chi connectivity index (χ0) is 11.7. The number of benzene rings is 2. The molecule has 17 heavy (non-hydrogen) atoms. The van der Waals surface area contributed by atoms with Crippen molar-refractivity contribution in [2.24, 2.45) is 5.92 Å². The van der Waals surface area contributed by atoms with Gasteiger partial charge in [-0.2, -0.15) is 0 Å². The lowest BCUT2D eigenvalue weighted by atomic mass is 10.0. The zero-order valence-electron chi connectivity index (χ0n) is 9.86. The maximum absolute atomic E-state index is 11.8. The van der Waals surface area contributed by atoms with Gasteiger partial charge in [-0.3, -0.25) is 4.79 Å². The second kappa shape index (κ2) is 4.33. The lowest BCUT2D eigenvalue weighted by Crippen LogP contribution is -2.03. The number of Topliss-reactive ketones (excluding diaryl/α,β-unsaturated/α-hetero) is 1. The summed E-state index contributed by atoms with van der Waals surface area (Å²) in [5.41, 5.74) is 1.15. The first-order valence-electron chi connectivity index (χ1n) is 6.30. The zero-order valence-corrected chi connectivity index (χ0v) is 9.86. The third-order valence-corrected chi connectivity index (χ3v) is 3.43. The molecule has 1 heteroatoms. The topological polar surface area (TPSA) is 17.1 Å². The van der Waals surface area contributed by atoms with Crippen LogP contribution in [0, 0.1) is 5.92 Å². The molecule has 0 heterocycles. The first kappa shape index (κ1) is 10.5. The van der Waals surface area contributed by atoms with Crippen LogP contribution >= 0.6 is 0 Å². The van der Waals surface area contributed by atoms with Crippen LogP contribution in [0.4, 0.5) is 0 Å². The Morgan fingerprint density at radius 1 is 1.06 bits per heavy atom. The van der Waals surface area contributed by atoms with Crippen LogP contribution in [-0.4, -0.2) is 5.78 Å². The van der Waals surface area contributed by atoms with Gasteiger partial charge in [-0.15, -0.1) is 0 Å². The summed E-state index contributed by atoms with van der Waals surface area (Å²) in [5, 5.41) is 2.47. The van der Waals surface area contributed by atoms with E-state index in [4.69, 9.17) is 0 Å². The number of ketones is 1. The van der Waals surface area contributed by atoms with Gasteiger partial charge in [-0.05, 0) is 35.1 Å². The molecule has 0 saturated heterocycles. The highest BCUT2D eigenvalue weighted by Gasteiger charge is 2.24. The van der Waals surface area contributed by atoms with Crippen LogP contribution in [0.2, 0.25) is 0 Å². The molecule has 0 atom stereocenters. The van der Waals surface area contributed by atoms with Gasteiger partial charge in [0.25, 0.3) is 0 Å². The van der Waals surface area contributed by atoms with Crippen LogP contribution in [0.1, 0.15) is 24.8 Å². The Morgan fingerprint density at radius 3 is 2.59 bits per heavy atom. The molecule has 1 aliphatic carbocycles. The highest BCUT2D eigenvalue weighted by atomic mass is 16.1. The van der Waals surface area contributed by atoms with Crippen molar-refractivity contribution in [1.29, 1.82) is 0 Å². The minimum absolute atomic E-state index is 0.391. The molecule has 0 unspecified atom stereocenters. The van der Waals surface area contributed by atoms with Crippen molar-refractivity contribution in [1.82, 2.24) is 0 Å². The third kappa shape index (κ3) is 2.55. The molecule has 2 aromatic rings. The average Bonchev–Trinajstić information content (AvgIpc) is 3.12. The monoisotopic (exact) mass is 224 g/mol. The first-order valence-corrected chi connectivity index (χ1v) is 6.30. The van der Waals surface area contributed by atoms with Gasteiger partial charge in [0, 0.05) is 12.8 Å². The van der Waals surface area contributed by atoms with Crippen molar-refractivity contribution < 1.29 is 4.79 Å². The summed E-state index contributed by atoms with van der Waals surface area (Å²) in [6, 6.07) is 14.6. The SMILES string of the molecule is O=C(Cc1ccc2ccccc2c1)CC1CC1. The van der Waals surface area contributed by atoms with E-state index in [0.717, 1.165) is 12.0 Å². The number of hydrogen-bond donors (Lipinski definition) is 0. The molecule has 86 valence electrons. The van der Waals surface area contributed by atoms with E-state index < -0.39 is 0 Å². The Balaban J connectivity index is 1.77. The molecule has 1 fully saturated rings. The Morgan fingerprint density at radius 2 is 1.82 bits per heavy atom. The minimum Gasteiger partial charge on any atom is -0.299 e. The molecule has 1 aliphatic rings. The van der Waals surface area contributed by atoms with Crippen LogP contribution in [0.5, 0.6) is 0 Å². The first-order chi connectivity index (χ1) is 8.31. The second-order valence-corrected chi connectivity index (χ2v) is 5.04. The number of fused-ring (bicyclic) bond motifs is 1. The molecule has 0 aromatic heterocycles. The summed E-state index contributed by atoms with van der Waals surface area (Å²) in [6.45, 7) is 0. The predicted octanol–water partition coefficient (Wildman–Crippen LogP) is 3.75. The van der Waals surface area contributed by atoms with E-state index in [1.807, 2.05) is 12.1 Å². The number of carbonyl (C=O) groups is 1. The van der Waals surface area contributed by atoms with Crippen LogP contribution < -0.4 is 0 Å². The fourth-order valence-electron chi connectivity index (χ4n) is 2.29. The van der Waals surface area contributed by atoms with Gasteiger partial charge < -0.3 is 0 Å². The second-order valence-electron chi connectivity index (χ2n) is 5.04. The number of carbonyl (C=O) groups excluding carboxylic acids is 1. The molecule has 3 rings (SSSR count). The average molecular weight is 224 g/mol. The summed E-state index contributed by atoms with van der Waals surface area (Å²) >= 11 is 0. The van der Waals surface area contributed by atoms with Crippen LogP contribution in [-0.2, 0) is 11.2 Å². The molecule has 1 saturated carbocycles. The lowest BCUT2D eigenvalue weighted by Gasteiger charge is -2.03. The summed E-state index contributed by atoms with van der Waals surface area (Å²) in [5.74, 6) is 1.09. The Hall–Kier alpha value is -1.63. The van der Waals surface area contributed by atoms with Crippen molar-refractivity contribution in [3.63, 3.8) is 0 Å². The van der Waals surface area contributed by atoms with Gasteiger partial charge in [0.05, 0.1) is 0 Å².